The first kappa shape index (κ1) is 14.5. The lowest BCUT2D eigenvalue weighted by atomic mass is 10.1. The van der Waals surface area contributed by atoms with Gasteiger partial charge in [0.05, 0.1) is 0 Å². The normalized spacial score (nSPS) is 10.2. The zero-order valence-electron chi connectivity index (χ0n) is 11.4. The summed E-state index contributed by atoms with van der Waals surface area (Å²) >= 11 is 3.40. The van der Waals surface area contributed by atoms with E-state index >= 15 is 0 Å². The fourth-order valence-corrected chi connectivity index (χ4v) is 2.27. The lowest BCUT2D eigenvalue weighted by Crippen LogP contribution is -2.07. The summed E-state index contributed by atoms with van der Waals surface area (Å²) in [5, 5.41) is 6.13. The van der Waals surface area contributed by atoms with E-state index in [4.69, 9.17) is 0 Å². The van der Waals surface area contributed by atoms with Crippen LogP contribution in [0.15, 0.2) is 41.1 Å². The van der Waals surface area contributed by atoms with Crippen molar-refractivity contribution in [1.82, 2.24) is 4.98 Å². The summed E-state index contributed by atoms with van der Waals surface area (Å²) in [7, 11) is 0. The zero-order chi connectivity index (χ0) is 14.5. The van der Waals surface area contributed by atoms with Crippen LogP contribution < -0.4 is 10.6 Å². The van der Waals surface area contributed by atoms with Gasteiger partial charge in [0.25, 0.3) is 0 Å². The van der Waals surface area contributed by atoms with Crippen molar-refractivity contribution in [2.75, 3.05) is 10.6 Å². The molecule has 1 aromatic carbocycles. The van der Waals surface area contributed by atoms with Crippen molar-refractivity contribution in [1.29, 1.82) is 0 Å². The Kier molecular flexibility index (Phi) is 4.74. The van der Waals surface area contributed by atoms with Gasteiger partial charge in [0.15, 0.2) is 0 Å². The third-order valence-electron chi connectivity index (χ3n) is 2.80. The highest BCUT2D eigenvalue weighted by molar-refractivity contribution is 9.10. The predicted octanol–water partition coefficient (Wildman–Crippen LogP) is 3.72. The quantitative estimate of drug-likeness (QED) is 0.896. The molecular formula is C15H16BrN3O. The molecule has 2 rings (SSSR count). The van der Waals surface area contributed by atoms with Crippen molar-refractivity contribution in [2.24, 2.45) is 0 Å². The van der Waals surface area contributed by atoms with Crippen LogP contribution in [-0.4, -0.2) is 10.9 Å². The molecule has 1 heterocycles. The number of anilines is 2. The Balaban J connectivity index is 2.03. The molecular weight excluding hydrogens is 318 g/mol. The van der Waals surface area contributed by atoms with Crippen LogP contribution >= 0.6 is 15.9 Å². The summed E-state index contributed by atoms with van der Waals surface area (Å²) in [6.07, 6.45) is 3.59. The fourth-order valence-electron chi connectivity index (χ4n) is 1.86. The molecule has 2 N–H and O–H groups in total. The highest BCUT2D eigenvalue weighted by Crippen LogP contribution is 2.20. The van der Waals surface area contributed by atoms with Crippen molar-refractivity contribution in [3.63, 3.8) is 0 Å². The molecule has 5 heteroatoms. The topological polar surface area (TPSA) is 54.0 Å². The van der Waals surface area contributed by atoms with E-state index in [0.717, 1.165) is 27.0 Å². The molecule has 104 valence electrons. The molecule has 1 aromatic heterocycles. The first-order valence-electron chi connectivity index (χ1n) is 6.26. The van der Waals surface area contributed by atoms with Crippen LogP contribution in [0.4, 0.5) is 11.4 Å². The highest BCUT2D eigenvalue weighted by atomic mass is 79.9. The second kappa shape index (κ2) is 6.52. The van der Waals surface area contributed by atoms with Crippen molar-refractivity contribution in [3.05, 3.63) is 52.3 Å². The average molecular weight is 334 g/mol. The van der Waals surface area contributed by atoms with E-state index < -0.39 is 0 Å². The van der Waals surface area contributed by atoms with Gasteiger partial charge in [-0.05, 0) is 58.2 Å². The second-order valence-electron chi connectivity index (χ2n) is 4.58. The molecule has 0 unspecified atom stereocenters. The van der Waals surface area contributed by atoms with Crippen molar-refractivity contribution in [3.8, 4) is 0 Å². The molecule has 0 saturated heterocycles. The Morgan fingerprint density at radius 1 is 1.30 bits per heavy atom. The van der Waals surface area contributed by atoms with E-state index in [1.165, 1.54) is 6.92 Å². The smallest absolute Gasteiger partial charge is 0.221 e. The summed E-state index contributed by atoms with van der Waals surface area (Å²) in [5.41, 5.74) is 3.98. The van der Waals surface area contributed by atoms with E-state index in [0.29, 0.717) is 6.54 Å². The number of rotatable bonds is 4. The molecule has 0 saturated carbocycles. The van der Waals surface area contributed by atoms with E-state index in [-0.39, 0.29) is 5.91 Å². The highest BCUT2D eigenvalue weighted by Gasteiger charge is 2.02. The molecule has 0 aliphatic carbocycles. The Morgan fingerprint density at radius 2 is 2.10 bits per heavy atom. The minimum absolute atomic E-state index is 0.0611. The number of carbonyl (C=O) groups excluding carboxylic acids is 1. The summed E-state index contributed by atoms with van der Waals surface area (Å²) in [6, 6.07) is 7.89. The van der Waals surface area contributed by atoms with Crippen LogP contribution in [0.1, 0.15) is 18.1 Å². The van der Waals surface area contributed by atoms with E-state index in [2.05, 4.69) is 31.5 Å². The minimum Gasteiger partial charge on any atom is -0.381 e. The first-order valence-corrected chi connectivity index (χ1v) is 7.05. The van der Waals surface area contributed by atoms with Crippen LogP contribution in [0.5, 0.6) is 0 Å². The van der Waals surface area contributed by atoms with E-state index in [1.54, 1.807) is 6.20 Å². The van der Waals surface area contributed by atoms with Crippen molar-refractivity contribution in [2.45, 2.75) is 20.4 Å². The molecule has 0 aliphatic heterocycles. The Bertz CT molecular complexity index is 628. The van der Waals surface area contributed by atoms with Gasteiger partial charge in [0.1, 0.15) is 0 Å². The average Bonchev–Trinajstić information content (AvgIpc) is 2.39. The SMILES string of the molecule is CC(=O)Nc1ccc(NCc2cncc(Br)c2)cc1C. The van der Waals surface area contributed by atoms with E-state index in [1.807, 2.05) is 37.4 Å². The maximum Gasteiger partial charge on any atom is 0.221 e. The fraction of sp³-hybridized carbons (Fsp3) is 0.200. The van der Waals surface area contributed by atoms with Gasteiger partial charge in [-0.15, -0.1) is 0 Å². The molecule has 0 atom stereocenters. The van der Waals surface area contributed by atoms with Gasteiger partial charge in [0.2, 0.25) is 5.91 Å². The number of nitrogens with one attached hydrogen (secondary N) is 2. The number of pyridine rings is 1. The summed E-state index contributed by atoms with van der Waals surface area (Å²) in [6.45, 7) is 4.17. The molecule has 1 amide bonds. The molecule has 4 nitrogen and oxygen atoms in total. The van der Waals surface area contributed by atoms with Crippen LogP contribution in [0.3, 0.4) is 0 Å². The van der Waals surface area contributed by atoms with Gasteiger partial charge < -0.3 is 10.6 Å². The molecule has 0 fully saturated rings. The van der Waals surface area contributed by atoms with E-state index in [9.17, 15) is 4.79 Å². The lowest BCUT2D eigenvalue weighted by molar-refractivity contribution is -0.114. The summed E-state index contributed by atoms with van der Waals surface area (Å²) in [5.74, 6) is -0.0611. The Morgan fingerprint density at radius 3 is 2.75 bits per heavy atom. The molecule has 0 aliphatic rings. The van der Waals surface area contributed by atoms with Gasteiger partial charge in [0, 0.05) is 41.7 Å². The maximum absolute atomic E-state index is 11.1. The number of benzene rings is 1. The minimum atomic E-state index is -0.0611. The number of aryl methyl sites for hydroxylation is 1. The van der Waals surface area contributed by atoms with Crippen LogP contribution in [0, 0.1) is 6.92 Å². The van der Waals surface area contributed by atoms with Gasteiger partial charge in [-0.2, -0.15) is 0 Å². The number of hydrogen-bond donors (Lipinski definition) is 2. The lowest BCUT2D eigenvalue weighted by Gasteiger charge is -2.11. The predicted molar refractivity (Wildman–Crippen MR) is 84.7 cm³/mol. The van der Waals surface area contributed by atoms with Crippen molar-refractivity contribution < 1.29 is 4.79 Å². The van der Waals surface area contributed by atoms with Gasteiger partial charge in [-0.3, -0.25) is 9.78 Å². The largest absolute Gasteiger partial charge is 0.381 e. The van der Waals surface area contributed by atoms with Gasteiger partial charge in [-0.25, -0.2) is 0 Å². The number of carbonyl (C=O) groups is 1. The van der Waals surface area contributed by atoms with Crippen LogP contribution in [0.2, 0.25) is 0 Å². The Labute approximate surface area is 126 Å². The number of halogens is 1. The molecule has 20 heavy (non-hydrogen) atoms. The number of nitrogens with zero attached hydrogens (tertiary/aromatic N) is 1. The van der Waals surface area contributed by atoms with Crippen LogP contribution in [-0.2, 0) is 11.3 Å². The van der Waals surface area contributed by atoms with Crippen LogP contribution in [0.25, 0.3) is 0 Å². The number of aromatic nitrogens is 1. The van der Waals surface area contributed by atoms with Crippen molar-refractivity contribution >= 4 is 33.2 Å². The summed E-state index contributed by atoms with van der Waals surface area (Å²) < 4.78 is 0.967. The summed E-state index contributed by atoms with van der Waals surface area (Å²) in [4.78, 5) is 15.2. The number of hydrogen-bond acceptors (Lipinski definition) is 3. The zero-order valence-corrected chi connectivity index (χ0v) is 13.0. The second-order valence-corrected chi connectivity index (χ2v) is 5.49. The van der Waals surface area contributed by atoms with Gasteiger partial charge >= 0.3 is 0 Å². The molecule has 0 bridgehead atoms. The van der Waals surface area contributed by atoms with Gasteiger partial charge in [-0.1, -0.05) is 0 Å². The molecule has 2 aromatic rings. The third-order valence-corrected chi connectivity index (χ3v) is 3.23. The maximum atomic E-state index is 11.1. The Hall–Kier alpha value is -1.88. The monoisotopic (exact) mass is 333 g/mol. The molecule has 0 radical (unpaired) electrons. The standard InChI is InChI=1S/C15H16BrN3O/c1-10-5-14(3-4-15(10)19-11(2)20)18-8-12-6-13(16)9-17-7-12/h3-7,9,18H,8H2,1-2H3,(H,19,20). The molecule has 0 spiro atoms. The third kappa shape index (κ3) is 4.06. The first-order chi connectivity index (χ1) is 9.54. The number of amides is 1.